The maximum Gasteiger partial charge on any atom is 0.335 e. The van der Waals surface area contributed by atoms with Crippen molar-refractivity contribution < 1.29 is 14.6 Å². The number of carbonyl (C=O) groups is 1. The van der Waals surface area contributed by atoms with E-state index < -0.39 is 5.97 Å². The van der Waals surface area contributed by atoms with E-state index in [0.29, 0.717) is 18.1 Å². The van der Waals surface area contributed by atoms with Gasteiger partial charge in [-0.3, -0.25) is 0 Å². The predicted molar refractivity (Wildman–Crippen MR) is 56.3 cm³/mol. The number of aromatic carboxylic acids is 1. The number of methoxy groups -OCH3 is 1. The number of hydrogen-bond donors (Lipinski definition) is 1. The molecule has 0 saturated carbocycles. The number of carboxylic acid groups (broad SMARTS) is 1. The molecule has 1 aromatic carbocycles. The van der Waals surface area contributed by atoms with Crippen molar-refractivity contribution in [1.82, 2.24) is 0 Å². The Morgan fingerprint density at radius 3 is 3.07 bits per heavy atom. The van der Waals surface area contributed by atoms with Crippen LogP contribution in [0.3, 0.4) is 0 Å². The molecule has 1 aliphatic rings. The van der Waals surface area contributed by atoms with Crippen LogP contribution >= 0.6 is 0 Å². The highest BCUT2D eigenvalue weighted by molar-refractivity contribution is 5.90. The molecule has 1 aromatic rings. The molecule has 3 nitrogen and oxygen atoms in total. The lowest BCUT2D eigenvalue weighted by Crippen LogP contribution is -2.04. The van der Waals surface area contributed by atoms with Crippen LogP contribution in [0.4, 0.5) is 0 Å². The minimum absolute atomic E-state index is 0.365. The first-order chi connectivity index (χ1) is 7.24. The van der Waals surface area contributed by atoms with Crippen LogP contribution in [-0.4, -0.2) is 24.8 Å². The zero-order chi connectivity index (χ0) is 10.8. The Labute approximate surface area is 88.7 Å². The lowest BCUT2D eigenvalue weighted by Gasteiger charge is -2.10. The third kappa shape index (κ3) is 1.75. The van der Waals surface area contributed by atoms with Crippen LogP contribution in [0.1, 0.15) is 33.8 Å². The number of ether oxygens (including phenoxy) is 1. The lowest BCUT2D eigenvalue weighted by atomic mass is 9.99. The maximum absolute atomic E-state index is 11.0. The molecular weight excluding hydrogens is 192 g/mol. The van der Waals surface area contributed by atoms with E-state index in [0.717, 1.165) is 24.0 Å². The molecule has 0 heterocycles. The second-order valence-electron chi connectivity index (χ2n) is 3.87. The summed E-state index contributed by atoms with van der Waals surface area (Å²) in [4.78, 5) is 11.0. The molecule has 0 fully saturated rings. The zero-order valence-electron chi connectivity index (χ0n) is 8.69. The summed E-state index contributed by atoms with van der Waals surface area (Å²) >= 11 is 0. The number of fused-ring (bicyclic) bond motifs is 1. The molecule has 0 amide bonds. The topological polar surface area (TPSA) is 46.5 Å². The van der Waals surface area contributed by atoms with Crippen molar-refractivity contribution in [3.05, 3.63) is 34.9 Å². The van der Waals surface area contributed by atoms with Gasteiger partial charge in [0.1, 0.15) is 0 Å². The molecule has 1 atom stereocenters. The number of rotatable bonds is 3. The van der Waals surface area contributed by atoms with Gasteiger partial charge in [-0.2, -0.15) is 0 Å². The van der Waals surface area contributed by atoms with E-state index in [-0.39, 0.29) is 0 Å². The Balaban J connectivity index is 2.39. The Morgan fingerprint density at radius 2 is 2.40 bits per heavy atom. The van der Waals surface area contributed by atoms with Crippen molar-refractivity contribution in [2.75, 3.05) is 13.7 Å². The Morgan fingerprint density at radius 1 is 1.60 bits per heavy atom. The highest BCUT2D eigenvalue weighted by atomic mass is 16.5. The van der Waals surface area contributed by atoms with Crippen LogP contribution in [0.15, 0.2) is 18.2 Å². The van der Waals surface area contributed by atoms with Crippen molar-refractivity contribution >= 4 is 5.97 Å². The fourth-order valence-corrected chi connectivity index (χ4v) is 2.31. The molecule has 0 bridgehead atoms. The normalized spacial score (nSPS) is 18.9. The van der Waals surface area contributed by atoms with Gasteiger partial charge in [0.25, 0.3) is 0 Å². The third-order valence-electron chi connectivity index (χ3n) is 2.99. The fourth-order valence-electron chi connectivity index (χ4n) is 2.31. The number of hydrogen-bond acceptors (Lipinski definition) is 2. The summed E-state index contributed by atoms with van der Waals surface area (Å²) in [6.45, 7) is 0.677. The first kappa shape index (κ1) is 10.2. The molecule has 0 aromatic heterocycles. The van der Waals surface area contributed by atoms with Gasteiger partial charge in [-0.25, -0.2) is 4.79 Å². The molecule has 1 unspecified atom stereocenters. The van der Waals surface area contributed by atoms with Crippen LogP contribution < -0.4 is 0 Å². The first-order valence-electron chi connectivity index (χ1n) is 5.08. The average molecular weight is 206 g/mol. The lowest BCUT2D eigenvalue weighted by molar-refractivity contribution is 0.0696. The highest BCUT2D eigenvalue weighted by Crippen LogP contribution is 2.35. The molecule has 80 valence electrons. The summed E-state index contributed by atoms with van der Waals surface area (Å²) in [6.07, 6.45) is 1.85. The van der Waals surface area contributed by atoms with Gasteiger partial charge in [0.2, 0.25) is 0 Å². The van der Waals surface area contributed by atoms with Gasteiger partial charge in [0, 0.05) is 13.0 Å². The summed E-state index contributed by atoms with van der Waals surface area (Å²) < 4.78 is 5.14. The van der Waals surface area contributed by atoms with E-state index >= 15 is 0 Å². The minimum Gasteiger partial charge on any atom is -0.478 e. The van der Waals surface area contributed by atoms with Gasteiger partial charge >= 0.3 is 5.97 Å². The van der Waals surface area contributed by atoms with E-state index in [2.05, 4.69) is 0 Å². The number of carboxylic acids is 1. The summed E-state index contributed by atoms with van der Waals surface area (Å²) in [7, 11) is 1.68. The second kappa shape index (κ2) is 4.03. The van der Waals surface area contributed by atoms with Crippen LogP contribution in [-0.2, 0) is 11.2 Å². The molecule has 0 spiro atoms. The van der Waals surface area contributed by atoms with E-state index in [1.807, 2.05) is 12.1 Å². The second-order valence-corrected chi connectivity index (χ2v) is 3.87. The van der Waals surface area contributed by atoms with Crippen LogP contribution in [0.5, 0.6) is 0 Å². The monoisotopic (exact) mass is 206 g/mol. The Bertz CT molecular complexity index is 384. The van der Waals surface area contributed by atoms with Crippen LogP contribution in [0.25, 0.3) is 0 Å². The molecule has 1 N–H and O–H groups in total. The van der Waals surface area contributed by atoms with Crippen molar-refractivity contribution in [2.45, 2.75) is 18.8 Å². The summed E-state index contributed by atoms with van der Waals surface area (Å²) in [6, 6.07) is 5.51. The van der Waals surface area contributed by atoms with E-state index in [4.69, 9.17) is 9.84 Å². The maximum atomic E-state index is 11.0. The van der Waals surface area contributed by atoms with Crippen molar-refractivity contribution in [2.24, 2.45) is 0 Å². The first-order valence-corrected chi connectivity index (χ1v) is 5.08. The molecule has 0 radical (unpaired) electrons. The molecule has 0 aliphatic heterocycles. The van der Waals surface area contributed by atoms with Gasteiger partial charge in [-0.05, 0) is 30.0 Å². The summed E-state index contributed by atoms with van der Waals surface area (Å²) in [5, 5.41) is 9.03. The van der Waals surface area contributed by atoms with Crippen LogP contribution in [0.2, 0.25) is 0 Å². The van der Waals surface area contributed by atoms with Crippen molar-refractivity contribution in [3.63, 3.8) is 0 Å². The largest absolute Gasteiger partial charge is 0.478 e. The van der Waals surface area contributed by atoms with Crippen LogP contribution in [0, 0.1) is 0 Å². The smallest absolute Gasteiger partial charge is 0.335 e. The summed E-state index contributed by atoms with van der Waals surface area (Å²) in [5.74, 6) is -0.464. The molecular formula is C12H14O3. The van der Waals surface area contributed by atoms with E-state index in [9.17, 15) is 4.79 Å². The van der Waals surface area contributed by atoms with Gasteiger partial charge in [0.05, 0.1) is 12.2 Å². The highest BCUT2D eigenvalue weighted by Gasteiger charge is 2.26. The minimum atomic E-state index is -0.829. The van der Waals surface area contributed by atoms with E-state index in [1.54, 1.807) is 13.2 Å². The van der Waals surface area contributed by atoms with Gasteiger partial charge in [-0.15, -0.1) is 0 Å². The van der Waals surface area contributed by atoms with Crippen molar-refractivity contribution in [1.29, 1.82) is 0 Å². The average Bonchev–Trinajstić information content (AvgIpc) is 2.62. The predicted octanol–water partition coefficient (Wildman–Crippen LogP) is 2.06. The molecule has 2 rings (SSSR count). The number of benzene rings is 1. The van der Waals surface area contributed by atoms with Crippen molar-refractivity contribution in [3.8, 4) is 0 Å². The Kier molecular flexibility index (Phi) is 2.73. The zero-order valence-corrected chi connectivity index (χ0v) is 8.69. The van der Waals surface area contributed by atoms with Gasteiger partial charge < -0.3 is 9.84 Å². The van der Waals surface area contributed by atoms with Gasteiger partial charge in [-0.1, -0.05) is 12.1 Å². The van der Waals surface area contributed by atoms with E-state index in [1.165, 1.54) is 0 Å². The Hall–Kier alpha value is -1.35. The molecule has 15 heavy (non-hydrogen) atoms. The molecule has 3 heteroatoms. The SMILES string of the molecule is COCC1CCc2c(C(=O)O)cccc21. The van der Waals surface area contributed by atoms with Gasteiger partial charge in [0.15, 0.2) is 0 Å². The standard InChI is InChI=1S/C12H14O3/c1-15-7-8-5-6-10-9(8)3-2-4-11(10)12(13)14/h2-4,8H,5-7H2,1H3,(H,13,14). The third-order valence-corrected chi connectivity index (χ3v) is 2.99. The summed E-state index contributed by atoms with van der Waals surface area (Å²) in [5.41, 5.74) is 2.59. The quantitative estimate of drug-likeness (QED) is 0.823. The fraction of sp³-hybridized carbons (Fsp3) is 0.417. The molecule has 1 aliphatic carbocycles. The molecule has 0 saturated heterocycles.